The van der Waals surface area contributed by atoms with Gasteiger partial charge in [0.05, 0.1) is 16.0 Å². The quantitative estimate of drug-likeness (QED) is 0.856. The Morgan fingerprint density at radius 1 is 1.42 bits per heavy atom. The molecule has 19 heavy (non-hydrogen) atoms. The molecule has 2 unspecified atom stereocenters. The first kappa shape index (κ1) is 15.0. The van der Waals surface area contributed by atoms with Crippen molar-refractivity contribution in [2.24, 2.45) is 5.73 Å². The molecule has 0 saturated carbocycles. The maximum atomic E-state index is 10.6. The van der Waals surface area contributed by atoms with Crippen molar-refractivity contribution in [1.82, 2.24) is 0 Å². The van der Waals surface area contributed by atoms with Gasteiger partial charge in [0.25, 0.3) is 0 Å². The molecule has 1 aromatic heterocycles. The molecule has 0 aliphatic carbocycles. The van der Waals surface area contributed by atoms with Gasteiger partial charge in [-0.05, 0) is 29.5 Å². The van der Waals surface area contributed by atoms with Gasteiger partial charge in [-0.25, -0.2) is 0 Å². The fraction of sp³-hybridized carbons (Fsp3) is 0.286. The van der Waals surface area contributed by atoms with Gasteiger partial charge in [-0.1, -0.05) is 45.7 Å². The molecule has 5 heteroatoms. The molecule has 2 atom stereocenters. The van der Waals surface area contributed by atoms with E-state index in [1.54, 1.807) is 0 Å². The van der Waals surface area contributed by atoms with Gasteiger partial charge in [-0.2, -0.15) is 0 Å². The molecule has 1 heterocycles. The number of nitrogens with two attached hydrogens (primary N) is 1. The summed E-state index contributed by atoms with van der Waals surface area (Å²) in [6.45, 7) is 2.29. The number of aryl methyl sites for hydroxylation is 1. The second-order valence-electron chi connectivity index (χ2n) is 4.41. The smallest absolute Gasteiger partial charge is 0.0977 e. The van der Waals surface area contributed by atoms with E-state index in [4.69, 9.17) is 17.3 Å². The molecular formula is C14H15BrClNOS. The minimum absolute atomic E-state index is 0.175. The highest BCUT2D eigenvalue weighted by atomic mass is 79.9. The van der Waals surface area contributed by atoms with Crippen molar-refractivity contribution < 1.29 is 5.11 Å². The van der Waals surface area contributed by atoms with Crippen LogP contribution in [0.25, 0.3) is 0 Å². The number of hydrogen-bond donors (Lipinski definition) is 2. The topological polar surface area (TPSA) is 46.2 Å². The first-order chi connectivity index (χ1) is 9.06. The fourth-order valence-corrected chi connectivity index (χ4v) is 3.97. The van der Waals surface area contributed by atoms with E-state index in [-0.39, 0.29) is 5.92 Å². The van der Waals surface area contributed by atoms with Gasteiger partial charge < -0.3 is 10.8 Å². The molecule has 0 spiro atoms. The van der Waals surface area contributed by atoms with Crippen molar-refractivity contribution in [3.8, 4) is 0 Å². The summed E-state index contributed by atoms with van der Waals surface area (Å²) >= 11 is 11.2. The van der Waals surface area contributed by atoms with Crippen LogP contribution in [0.5, 0.6) is 0 Å². The maximum Gasteiger partial charge on any atom is 0.0977 e. The monoisotopic (exact) mass is 359 g/mol. The van der Waals surface area contributed by atoms with Crippen LogP contribution >= 0.6 is 38.9 Å². The molecule has 0 saturated heterocycles. The highest BCUT2D eigenvalue weighted by molar-refractivity contribution is 9.10. The predicted octanol–water partition coefficient (Wildman–Crippen LogP) is 4.25. The zero-order valence-corrected chi connectivity index (χ0v) is 13.6. The van der Waals surface area contributed by atoms with Gasteiger partial charge in [0.15, 0.2) is 0 Å². The van der Waals surface area contributed by atoms with Gasteiger partial charge in [-0.3, -0.25) is 0 Å². The Hall–Kier alpha value is -0.390. The Kier molecular flexibility index (Phi) is 5.03. The van der Waals surface area contributed by atoms with Crippen LogP contribution in [0.15, 0.2) is 34.1 Å². The van der Waals surface area contributed by atoms with Crippen molar-refractivity contribution in [3.05, 3.63) is 55.1 Å². The molecule has 1 aromatic carbocycles. The largest absolute Gasteiger partial charge is 0.387 e. The number of aliphatic hydroxyl groups excluding tert-OH is 1. The third-order valence-corrected chi connectivity index (χ3v) is 5.64. The minimum Gasteiger partial charge on any atom is -0.387 e. The molecule has 2 rings (SSSR count). The predicted molar refractivity (Wildman–Crippen MR) is 85.0 cm³/mol. The van der Waals surface area contributed by atoms with Crippen molar-refractivity contribution in [2.75, 3.05) is 6.54 Å². The number of aliphatic hydroxyl groups is 1. The van der Waals surface area contributed by atoms with Crippen molar-refractivity contribution in [3.63, 3.8) is 0 Å². The molecule has 102 valence electrons. The summed E-state index contributed by atoms with van der Waals surface area (Å²) in [6, 6.07) is 7.80. The van der Waals surface area contributed by atoms with Gasteiger partial charge in [0.2, 0.25) is 0 Å². The first-order valence-corrected chi connectivity index (χ1v) is 7.97. The van der Waals surface area contributed by atoms with E-state index >= 15 is 0 Å². The van der Waals surface area contributed by atoms with E-state index < -0.39 is 6.10 Å². The van der Waals surface area contributed by atoms with Gasteiger partial charge in [0.1, 0.15) is 0 Å². The molecule has 0 aliphatic rings. The minimum atomic E-state index is -0.685. The highest BCUT2D eigenvalue weighted by Crippen LogP contribution is 2.40. The summed E-state index contributed by atoms with van der Waals surface area (Å²) in [5.74, 6) is -0.175. The molecular weight excluding hydrogens is 346 g/mol. The summed E-state index contributed by atoms with van der Waals surface area (Å²) in [4.78, 5) is 0.783. The summed E-state index contributed by atoms with van der Waals surface area (Å²) < 4.78 is 0.953. The lowest BCUT2D eigenvalue weighted by molar-refractivity contribution is 0.151. The molecule has 2 nitrogen and oxygen atoms in total. The molecule has 0 amide bonds. The van der Waals surface area contributed by atoms with Crippen LogP contribution in [0.3, 0.4) is 0 Å². The van der Waals surface area contributed by atoms with Crippen LogP contribution < -0.4 is 5.73 Å². The summed E-state index contributed by atoms with van der Waals surface area (Å²) in [5, 5.41) is 13.2. The first-order valence-electron chi connectivity index (χ1n) is 5.92. The van der Waals surface area contributed by atoms with Crippen molar-refractivity contribution in [2.45, 2.75) is 18.9 Å². The average molecular weight is 361 g/mol. The average Bonchev–Trinajstić information content (AvgIpc) is 2.73. The van der Waals surface area contributed by atoms with Crippen LogP contribution in [-0.2, 0) is 0 Å². The number of thiophene rings is 1. The Labute approximate surface area is 130 Å². The lowest BCUT2D eigenvalue weighted by Gasteiger charge is -2.22. The van der Waals surface area contributed by atoms with E-state index in [2.05, 4.69) is 15.9 Å². The van der Waals surface area contributed by atoms with E-state index in [9.17, 15) is 5.11 Å². The summed E-state index contributed by atoms with van der Waals surface area (Å²) in [5.41, 5.74) is 7.84. The third kappa shape index (κ3) is 3.03. The highest BCUT2D eigenvalue weighted by Gasteiger charge is 2.26. The molecule has 0 radical (unpaired) electrons. The Morgan fingerprint density at radius 2 is 2.11 bits per heavy atom. The van der Waals surface area contributed by atoms with E-state index in [1.165, 1.54) is 11.3 Å². The fourth-order valence-electron chi connectivity index (χ4n) is 2.03. The third-order valence-electron chi connectivity index (χ3n) is 3.13. The number of benzene rings is 1. The normalized spacial score (nSPS) is 14.4. The Bertz CT molecular complexity index is 572. The van der Waals surface area contributed by atoms with Crippen LogP contribution in [-0.4, -0.2) is 11.7 Å². The maximum absolute atomic E-state index is 10.6. The van der Waals surface area contributed by atoms with Crippen molar-refractivity contribution in [1.29, 1.82) is 0 Å². The molecule has 3 N–H and O–H groups in total. The van der Waals surface area contributed by atoms with Crippen LogP contribution in [0.1, 0.15) is 28.0 Å². The van der Waals surface area contributed by atoms with Gasteiger partial charge in [-0.15, -0.1) is 11.3 Å². The second kappa shape index (κ2) is 6.37. The standard InChI is InChI=1S/C14H15BrClNOS/c1-8-7-19-14(12(8)16)13(18)10(6-17)9-4-2-3-5-11(9)15/h2-5,7,10,13,18H,6,17H2,1H3. The zero-order chi connectivity index (χ0) is 14.0. The van der Waals surface area contributed by atoms with E-state index in [0.717, 1.165) is 20.5 Å². The molecule has 0 fully saturated rings. The molecule has 0 aliphatic heterocycles. The van der Waals surface area contributed by atoms with Crippen LogP contribution in [0.4, 0.5) is 0 Å². The van der Waals surface area contributed by atoms with E-state index in [0.29, 0.717) is 11.6 Å². The van der Waals surface area contributed by atoms with Crippen LogP contribution in [0.2, 0.25) is 5.02 Å². The number of halogens is 2. The summed E-state index contributed by atoms with van der Waals surface area (Å²) in [6.07, 6.45) is -0.685. The molecule has 2 aromatic rings. The van der Waals surface area contributed by atoms with Gasteiger partial charge in [0, 0.05) is 16.9 Å². The van der Waals surface area contributed by atoms with Crippen molar-refractivity contribution >= 4 is 38.9 Å². The second-order valence-corrected chi connectivity index (χ2v) is 6.55. The molecule has 0 bridgehead atoms. The van der Waals surface area contributed by atoms with Crippen LogP contribution in [0, 0.1) is 6.92 Å². The van der Waals surface area contributed by atoms with E-state index in [1.807, 2.05) is 36.6 Å². The van der Waals surface area contributed by atoms with Gasteiger partial charge >= 0.3 is 0 Å². The lowest BCUT2D eigenvalue weighted by atomic mass is 9.92. The Balaban J connectivity index is 2.38. The summed E-state index contributed by atoms with van der Waals surface area (Å²) in [7, 11) is 0. The zero-order valence-electron chi connectivity index (χ0n) is 10.4. The lowest BCUT2D eigenvalue weighted by Crippen LogP contribution is -2.20. The Morgan fingerprint density at radius 3 is 2.63 bits per heavy atom. The number of hydrogen-bond acceptors (Lipinski definition) is 3. The SMILES string of the molecule is Cc1csc(C(O)C(CN)c2ccccc2Br)c1Cl. The number of rotatable bonds is 4.